The maximum atomic E-state index is 12.7. The van der Waals surface area contributed by atoms with Gasteiger partial charge in [-0.3, -0.25) is 4.79 Å². The van der Waals surface area contributed by atoms with Crippen molar-refractivity contribution >= 4 is 29.1 Å². The molecule has 4 fully saturated rings. The normalized spacial score (nSPS) is 44.1. The molecule has 1 aliphatic heterocycles. The monoisotopic (exact) mass is 289 g/mol. The molecule has 2 nitrogen and oxygen atoms in total. The number of likely N-dealkylation sites (tertiary alicyclic amines) is 1. The highest BCUT2D eigenvalue weighted by Gasteiger charge is 2.56. The van der Waals surface area contributed by atoms with Crippen molar-refractivity contribution in [1.82, 2.24) is 4.90 Å². The Hall–Kier alpha value is 0.0500. The summed E-state index contributed by atoms with van der Waals surface area (Å²) in [4.78, 5) is 14.3. The van der Waals surface area contributed by atoms with Gasteiger partial charge in [-0.25, -0.2) is 0 Å². The molecule has 1 amide bonds. The predicted octanol–water partition coefficient (Wildman–Crippen LogP) is 3.55. The predicted molar refractivity (Wildman–Crippen MR) is 74.2 cm³/mol. The van der Waals surface area contributed by atoms with Crippen LogP contribution in [0, 0.1) is 5.92 Å². The lowest BCUT2D eigenvalue weighted by Crippen LogP contribution is -2.56. The zero-order valence-electron chi connectivity index (χ0n) is 10.8. The van der Waals surface area contributed by atoms with Gasteiger partial charge in [0.25, 0.3) is 0 Å². The van der Waals surface area contributed by atoms with Crippen molar-refractivity contribution in [3.63, 3.8) is 0 Å². The Morgan fingerprint density at radius 1 is 1.00 bits per heavy atom. The first kappa shape index (κ1) is 13.1. The van der Waals surface area contributed by atoms with Crippen molar-refractivity contribution in [2.45, 2.75) is 61.1 Å². The second-order valence-electron chi connectivity index (χ2n) is 6.33. The molecule has 3 saturated carbocycles. The summed E-state index contributed by atoms with van der Waals surface area (Å²) in [6.07, 6.45) is 8.07. The molecule has 4 heteroatoms. The average molecular weight is 290 g/mol. The SMILES string of the molecule is O=C(C1CC2(Cl)CCC1(Cl)CC2)N1CCCCC1. The molecule has 3 aliphatic carbocycles. The van der Waals surface area contributed by atoms with Gasteiger partial charge in [-0.2, -0.15) is 0 Å². The van der Waals surface area contributed by atoms with E-state index in [-0.39, 0.29) is 21.6 Å². The van der Waals surface area contributed by atoms with Crippen LogP contribution in [0.15, 0.2) is 0 Å². The molecule has 1 unspecified atom stereocenters. The second kappa shape index (κ2) is 4.56. The van der Waals surface area contributed by atoms with E-state index in [1.807, 2.05) is 4.90 Å². The van der Waals surface area contributed by atoms with Gasteiger partial charge in [0.1, 0.15) is 0 Å². The fourth-order valence-electron chi connectivity index (χ4n) is 3.86. The smallest absolute Gasteiger partial charge is 0.227 e. The molecule has 1 atom stereocenters. The summed E-state index contributed by atoms with van der Waals surface area (Å²) in [7, 11) is 0. The number of carbonyl (C=O) groups excluding carboxylic acids is 1. The topological polar surface area (TPSA) is 20.3 Å². The molecule has 18 heavy (non-hydrogen) atoms. The third kappa shape index (κ3) is 2.16. The summed E-state index contributed by atoms with van der Waals surface area (Å²) in [6.45, 7) is 1.83. The minimum atomic E-state index is -0.300. The van der Waals surface area contributed by atoms with Crippen LogP contribution in [0.3, 0.4) is 0 Å². The highest BCUT2D eigenvalue weighted by Crippen LogP contribution is 2.56. The molecule has 0 aromatic carbocycles. The number of halogens is 2. The van der Waals surface area contributed by atoms with Gasteiger partial charge in [-0.1, -0.05) is 0 Å². The van der Waals surface area contributed by atoms with Crippen LogP contribution in [0.25, 0.3) is 0 Å². The van der Waals surface area contributed by atoms with E-state index in [4.69, 9.17) is 23.2 Å². The largest absolute Gasteiger partial charge is 0.342 e. The van der Waals surface area contributed by atoms with Crippen molar-refractivity contribution in [3.05, 3.63) is 0 Å². The van der Waals surface area contributed by atoms with Gasteiger partial charge < -0.3 is 4.90 Å². The molecule has 4 rings (SSSR count). The molecule has 2 bridgehead atoms. The van der Waals surface area contributed by atoms with Crippen molar-refractivity contribution in [2.24, 2.45) is 5.92 Å². The Bertz CT molecular complexity index is 344. The zero-order valence-corrected chi connectivity index (χ0v) is 12.3. The highest BCUT2D eigenvalue weighted by molar-refractivity contribution is 6.28. The summed E-state index contributed by atoms with van der Waals surface area (Å²) in [5, 5.41) is 0. The average Bonchev–Trinajstić information content (AvgIpc) is 2.40. The Morgan fingerprint density at radius 2 is 1.61 bits per heavy atom. The van der Waals surface area contributed by atoms with Gasteiger partial charge in [0.15, 0.2) is 0 Å². The molecule has 0 aromatic rings. The molecule has 4 aliphatic rings. The first-order chi connectivity index (χ1) is 8.53. The van der Waals surface area contributed by atoms with E-state index in [9.17, 15) is 4.79 Å². The van der Waals surface area contributed by atoms with E-state index in [1.54, 1.807) is 0 Å². The number of rotatable bonds is 1. The van der Waals surface area contributed by atoms with Crippen molar-refractivity contribution in [2.75, 3.05) is 13.1 Å². The van der Waals surface area contributed by atoms with Gasteiger partial charge >= 0.3 is 0 Å². The number of amides is 1. The number of piperidine rings is 1. The van der Waals surface area contributed by atoms with E-state index in [0.717, 1.165) is 58.0 Å². The van der Waals surface area contributed by atoms with Crippen LogP contribution in [0.4, 0.5) is 0 Å². The molecule has 0 aromatic heterocycles. The molecule has 0 N–H and O–H groups in total. The molecule has 102 valence electrons. The van der Waals surface area contributed by atoms with Crippen LogP contribution in [0.2, 0.25) is 0 Å². The summed E-state index contributed by atoms with van der Waals surface area (Å²) in [6, 6.07) is 0. The summed E-state index contributed by atoms with van der Waals surface area (Å²) in [5.41, 5.74) is 0. The van der Waals surface area contributed by atoms with E-state index in [0.29, 0.717) is 0 Å². The van der Waals surface area contributed by atoms with E-state index >= 15 is 0 Å². The lowest BCUT2D eigenvalue weighted by Gasteiger charge is -2.52. The first-order valence-corrected chi connectivity index (χ1v) is 7.95. The Balaban J connectivity index is 1.76. The van der Waals surface area contributed by atoms with Crippen LogP contribution in [-0.2, 0) is 4.79 Å². The van der Waals surface area contributed by atoms with Crippen molar-refractivity contribution in [3.8, 4) is 0 Å². The van der Waals surface area contributed by atoms with E-state index in [2.05, 4.69) is 0 Å². The number of hydrogen-bond donors (Lipinski definition) is 0. The van der Waals surface area contributed by atoms with Gasteiger partial charge in [-0.05, 0) is 51.4 Å². The van der Waals surface area contributed by atoms with Gasteiger partial charge in [0, 0.05) is 18.0 Å². The fourth-order valence-corrected chi connectivity index (χ4v) is 4.56. The third-order valence-corrected chi connectivity index (χ3v) is 6.31. The standard InChI is InChI=1S/C14H21Cl2NO/c15-13-4-6-14(16,7-5-13)11(10-13)12(18)17-8-2-1-3-9-17/h11H,1-10H2. The molecule has 0 radical (unpaired) electrons. The number of nitrogens with zero attached hydrogens (tertiary/aromatic N) is 1. The molecule has 1 heterocycles. The quantitative estimate of drug-likeness (QED) is 0.676. The minimum absolute atomic E-state index is 0.0442. The van der Waals surface area contributed by atoms with Crippen LogP contribution in [0.1, 0.15) is 51.4 Å². The molecule has 1 saturated heterocycles. The Labute approximate surface area is 119 Å². The highest BCUT2D eigenvalue weighted by atomic mass is 35.5. The molecule has 0 spiro atoms. The zero-order chi connectivity index (χ0) is 12.8. The first-order valence-electron chi connectivity index (χ1n) is 7.19. The maximum Gasteiger partial charge on any atom is 0.227 e. The van der Waals surface area contributed by atoms with Gasteiger partial charge in [0.2, 0.25) is 5.91 Å². The summed E-state index contributed by atoms with van der Waals surface area (Å²) < 4.78 is 0. The second-order valence-corrected chi connectivity index (χ2v) is 7.88. The lowest BCUT2D eigenvalue weighted by atomic mass is 9.63. The number of alkyl halides is 2. The number of hydrogen-bond acceptors (Lipinski definition) is 1. The van der Waals surface area contributed by atoms with Gasteiger partial charge in [-0.15, -0.1) is 23.2 Å². The Kier molecular flexibility index (Phi) is 3.30. The third-order valence-electron chi connectivity index (χ3n) is 5.14. The summed E-state index contributed by atoms with van der Waals surface area (Å²) in [5.74, 6) is 0.228. The van der Waals surface area contributed by atoms with Crippen molar-refractivity contribution < 1.29 is 4.79 Å². The molecular weight excluding hydrogens is 269 g/mol. The summed E-state index contributed by atoms with van der Waals surface area (Å²) >= 11 is 13.3. The maximum absolute atomic E-state index is 12.7. The molecular formula is C14H21Cl2NO. The van der Waals surface area contributed by atoms with E-state index in [1.165, 1.54) is 6.42 Å². The van der Waals surface area contributed by atoms with Crippen LogP contribution < -0.4 is 0 Å². The Morgan fingerprint density at radius 3 is 2.22 bits per heavy atom. The van der Waals surface area contributed by atoms with Crippen molar-refractivity contribution in [1.29, 1.82) is 0 Å². The fraction of sp³-hybridized carbons (Fsp3) is 0.929. The van der Waals surface area contributed by atoms with Crippen LogP contribution >= 0.6 is 23.2 Å². The number of carbonyl (C=O) groups is 1. The van der Waals surface area contributed by atoms with Crippen LogP contribution in [0.5, 0.6) is 0 Å². The minimum Gasteiger partial charge on any atom is -0.342 e. The van der Waals surface area contributed by atoms with Crippen LogP contribution in [-0.4, -0.2) is 33.6 Å². The van der Waals surface area contributed by atoms with Gasteiger partial charge in [0.05, 0.1) is 10.8 Å². The number of fused-ring (bicyclic) bond motifs is 3. The van der Waals surface area contributed by atoms with E-state index < -0.39 is 0 Å². The lowest BCUT2D eigenvalue weighted by molar-refractivity contribution is -0.140.